The number of amides is 2. The van der Waals surface area contributed by atoms with Crippen LogP contribution in [0.2, 0.25) is 0 Å². The lowest BCUT2D eigenvalue weighted by atomic mass is 10.0. The summed E-state index contributed by atoms with van der Waals surface area (Å²) in [6, 6.07) is 0. The minimum atomic E-state index is -0.872. The molecule has 1 aromatic heterocycles. The summed E-state index contributed by atoms with van der Waals surface area (Å²) in [5, 5.41) is 5.83. The second-order valence-electron chi connectivity index (χ2n) is 6.71. The zero-order valence-electron chi connectivity index (χ0n) is 14.9. The first-order chi connectivity index (χ1) is 12.1. The Morgan fingerprint density at radius 1 is 1.38 bits per heavy atom. The molecular weight excluding hydrogens is 354 g/mol. The number of allylic oxidation sites excluding steroid dienone is 1. The quantitative estimate of drug-likeness (QED) is 0.339. The number of aromatic nitrogens is 2. The van der Waals surface area contributed by atoms with Gasteiger partial charge in [-0.3, -0.25) is 9.59 Å². The van der Waals surface area contributed by atoms with Crippen LogP contribution >= 0.6 is 12.2 Å². The van der Waals surface area contributed by atoms with Crippen molar-refractivity contribution in [1.29, 1.82) is 0 Å². The molecular formula is C16H23N7O2S. The number of hydrogen-bond donors (Lipinski definition) is 5. The predicted molar refractivity (Wildman–Crippen MR) is 103 cm³/mol. The lowest BCUT2D eigenvalue weighted by molar-refractivity contribution is -0.120. The van der Waals surface area contributed by atoms with E-state index in [1.807, 2.05) is 13.8 Å². The third kappa shape index (κ3) is 4.07. The molecule has 0 saturated heterocycles. The second kappa shape index (κ2) is 7.24. The second-order valence-corrected chi connectivity index (χ2v) is 7.15. The molecule has 0 radical (unpaired) electrons. The van der Waals surface area contributed by atoms with E-state index in [2.05, 4.69) is 20.6 Å². The number of primary amides is 2. The summed E-state index contributed by atoms with van der Waals surface area (Å²) < 4.78 is 0. The van der Waals surface area contributed by atoms with Crippen LogP contribution in [0.5, 0.6) is 0 Å². The molecule has 2 atom stereocenters. The van der Waals surface area contributed by atoms with Crippen LogP contribution in [0, 0.1) is 11.8 Å². The summed E-state index contributed by atoms with van der Waals surface area (Å²) in [4.78, 5) is 32.1. The van der Waals surface area contributed by atoms with Crippen molar-refractivity contribution in [2.45, 2.75) is 32.7 Å². The number of nitrogens with one attached hydrogen (secondary N) is 2. The minimum absolute atomic E-state index is 0.0753. The fourth-order valence-electron chi connectivity index (χ4n) is 2.89. The Labute approximate surface area is 156 Å². The first kappa shape index (κ1) is 19.6. The molecule has 140 valence electrons. The zero-order valence-corrected chi connectivity index (χ0v) is 15.7. The highest BCUT2D eigenvalue weighted by molar-refractivity contribution is 7.81. The van der Waals surface area contributed by atoms with Gasteiger partial charge in [-0.2, -0.15) is 0 Å². The molecule has 0 aliphatic heterocycles. The minimum Gasteiger partial charge on any atom is -0.402 e. The van der Waals surface area contributed by atoms with E-state index in [0.29, 0.717) is 12.1 Å². The van der Waals surface area contributed by atoms with Gasteiger partial charge in [-0.15, -0.1) is 0 Å². The van der Waals surface area contributed by atoms with Gasteiger partial charge in [0.2, 0.25) is 5.91 Å². The van der Waals surface area contributed by atoms with Crippen molar-refractivity contribution in [1.82, 2.24) is 9.97 Å². The van der Waals surface area contributed by atoms with Crippen LogP contribution in [0.15, 0.2) is 18.0 Å². The van der Waals surface area contributed by atoms with E-state index < -0.39 is 17.4 Å². The van der Waals surface area contributed by atoms with Crippen LogP contribution in [0.4, 0.5) is 11.6 Å². The van der Waals surface area contributed by atoms with Crippen molar-refractivity contribution >= 4 is 40.7 Å². The van der Waals surface area contributed by atoms with Gasteiger partial charge >= 0.3 is 0 Å². The van der Waals surface area contributed by atoms with Crippen LogP contribution in [0.1, 0.15) is 37.7 Å². The maximum absolute atomic E-state index is 11.9. The number of hydrogen-bond acceptors (Lipinski definition) is 7. The molecule has 0 bridgehead atoms. The van der Waals surface area contributed by atoms with E-state index in [4.69, 9.17) is 29.4 Å². The van der Waals surface area contributed by atoms with Crippen LogP contribution in [0.25, 0.3) is 0 Å². The van der Waals surface area contributed by atoms with Crippen molar-refractivity contribution < 1.29 is 9.59 Å². The molecule has 1 heterocycles. The molecule has 0 spiro atoms. The van der Waals surface area contributed by atoms with Crippen LogP contribution < -0.4 is 27.8 Å². The molecule has 2 rings (SSSR count). The summed E-state index contributed by atoms with van der Waals surface area (Å²) in [6.07, 6.45) is 3.44. The molecule has 1 fully saturated rings. The summed E-state index contributed by atoms with van der Waals surface area (Å²) >= 11 is 5.14. The maximum Gasteiger partial charge on any atom is 0.271 e. The first-order valence-corrected chi connectivity index (χ1v) is 8.47. The average molecular weight is 377 g/mol. The lowest BCUT2D eigenvalue weighted by Crippen LogP contribution is -2.41. The fourth-order valence-corrected chi connectivity index (χ4v) is 3.17. The van der Waals surface area contributed by atoms with Crippen LogP contribution in [-0.4, -0.2) is 32.3 Å². The zero-order chi connectivity index (χ0) is 19.6. The molecule has 1 aliphatic rings. The number of carbonyl (C=O) groups excluding carboxylic acids is 2. The molecule has 0 aromatic carbocycles. The van der Waals surface area contributed by atoms with Crippen molar-refractivity contribution in [3.63, 3.8) is 0 Å². The SMILES string of the molecule is CC(N)=CC(=S)Nc1nc(NC2(C(N)=O)C[C@@H]2C(C)C)cnc1C(N)=O. The summed E-state index contributed by atoms with van der Waals surface area (Å²) in [5.74, 6) is -0.488. The lowest BCUT2D eigenvalue weighted by Gasteiger charge is -2.19. The van der Waals surface area contributed by atoms with E-state index in [0.717, 1.165) is 0 Å². The van der Waals surface area contributed by atoms with E-state index in [-0.39, 0.29) is 34.2 Å². The molecule has 1 saturated carbocycles. The highest BCUT2D eigenvalue weighted by atomic mass is 32.1. The fraction of sp³-hybridized carbons (Fsp3) is 0.438. The van der Waals surface area contributed by atoms with Gasteiger partial charge in [0, 0.05) is 5.70 Å². The first-order valence-electron chi connectivity index (χ1n) is 8.06. The van der Waals surface area contributed by atoms with Gasteiger partial charge in [-0.1, -0.05) is 26.1 Å². The third-order valence-corrected chi connectivity index (χ3v) is 4.44. The van der Waals surface area contributed by atoms with E-state index in [9.17, 15) is 9.59 Å². The maximum atomic E-state index is 11.9. The van der Waals surface area contributed by atoms with E-state index >= 15 is 0 Å². The highest BCUT2D eigenvalue weighted by Gasteiger charge is 2.60. The number of anilines is 2. The smallest absolute Gasteiger partial charge is 0.271 e. The standard InChI is InChI=1S/C16H23N7O2S/c1-7(2)9-5-16(9,15(19)25)23-10-6-20-12(13(18)24)14(21-10)22-11(26)4-8(3)17/h4,6-7,9H,5,17H2,1-3H3,(H2,18,24)(H2,19,25)(H2,21,22,23,26)/t9-,16?/m1/s1. The average Bonchev–Trinajstić information content (AvgIpc) is 3.22. The van der Waals surface area contributed by atoms with Crippen LogP contribution in [0.3, 0.4) is 0 Å². The number of thiocarbonyl (C=S) groups is 1. The van der Waals surface area contributed by atoms with Gasteiger partial charge in [-0.05, 0) is 31.3 Å². The van der Waals surface area contributed by atoms with Crippen molar-refractivity contribution in [2.24, 2.45) is 29.0 Å². The molecule has 26 heavy (non-hydrogen) atoms. The number of nitrogens with zero attached hydrogens (tertiary/aromatic N) is 2. The van der Waals surface area contributed by atoms with Crippen molar-refractivity contribution in [2.75, 3.05) is 10.6 Å². The van der Waals surface area contributed by atoms with Gasteiger partial charge in [0.05, 0.1) is 6.20 Å². The molecule has 1 unspecified atom stereocenters. The van der Waals surface area contributed by atoms with E-state index in [1.165, 1.54) is 12.3 Å². The Kier molecular flexibility index (Phi) is 5.45. The number of nitrogens with two attached hydrogens (primary N) is 3. The molecule has 9 nitrogen and oxygen atoms in total. The summed E-state index contributed by atoms with van der Waals surface area (Å²) in [6.45, 7) is 5.71. The molecule has 8 N–H and O–H groups in total. The van der Waals surface area contributed by atoms with E-state index in [1.54, 1.807) is 6.92 Å². The summed E-state index contributed by atoms with van der Waals surface area (Å²) in [7, 11) is 0. The molecule has 2 amide bonds. The van der Waals surface area contributed by atoms with Gasteiger partial charge in [-0.25, -0.2) is 9.97 Å². The topological polar surface area (TPSA) is 162 Å². The largest absolute Gasteiger partial charge is 0.402 e. The predicted octanol–water partition coefficient (Wildman–Crippen LogP) is 0.489. The number of carbonyl (C=O) groups is 2. The summed E-state index contributed by atoms with van der Waals surface area (Å²) in [5.41, 5.74) is 16.0. The van der Waals surface area contributed by atoms with Crippen molar-refractivity contribution in [3.05, 3.63) is 23.7 Å². The Morgan fingerprint density at radius 3 is 2.50 bits per heavy atom. The van der Waals surface area contributed by atoms with Crippen LogP contribution in [-0.2, 0) is 4.79 Å². The number of rotatable bonds is 7. The molecule has 10 heteroatoms. The van der Waals surface area contributed by atoms with Gasteiger partial charge < -0.3 is 27.8 Å². The van der Waals surface area contributed by atoms with Gasteiger partial charge in [0.1, 0.15) is 16.3 Å². The highest BCUT2D eigenvalue weighted by Crippen LogP contribution is 2.50. The Bertz CT molecular complexity index is 789. The normalized spacial score (nSPS) is 22.0. The van der Waals surface area contributed by atoms with Gasteiger partial charge in [0.25, 0.3) is 5.91 Å². The van der Waals surface area contributed by atoms with Gasteiger partial charge in [0.15, 0.2) is 11.5 Å². The third-order valence-electron chi connectivity index (χ3n) is 4.22. The Morgan fingerprint density at radius 2 is 2.04 bits per heavy atom. The monoisotopic (exact) mass is 377 g/mol. The molecule has 1 aromatic rings. The Hall–Kier alpha value is -2.75. The van der Waals surface area contributed by atoms with Crippen molar-refractivity contribution in [3.8, 4) is 0 Å². The molecule has 1 aliphatic carbocycles. The Balaban J connectivity index is 2.32.